The maximum Gasteiger partial charge on any atom is 0.337 e. The van der Waals surface area contributed by atoms with Gasteiger partial charge in [0.05, 0.1) is 19.3 Å². The molecule has 0 radical (unpaired) electrons. The highest BCUT2D eigenvalue weighted by molar-refractivity contribution is 5.92. The number of nitrogens with zero attached hydrogens (tertiary/aromatic N) is 1. The van der Waals surface area contributed by atoms with Crippen LogP contribution in [-0.4, -0.2) is 53.8 Å². The number of carbonyl (C=O) groups excluding carboxylic acids is 2. The number of ether oxygens (including phenoxy) is 2. The molecule has 0 spiro atoms. The summed E-state index contributed by atoms with van der Waals surface area (Å²) in [5, 5.41) is 10.2. The molecule has 0 bridgehead atoms. The molecular weight excluding hydrogens is 418 g/mol. The molecule has 6 nitrogen and oxygen atoms in total. The molecule has 1 amide bonds. The molecule has 0 saturated carbocycles. The Morgan fingerprint density at radius 2 is 1.88 bits per heavy atom. The third-order valence-electron chi connectivity index (χ3n) is 5.74. The molecule has 176 valence electrons. The Morgan fingerprint density at radius 1 is 1.12 bits per heavy atom. The van der Waals surface area contributed by atoms with Crippen molar-refractivity contribution in [1.29, 1.82) is 0 Å². The zero-order chi connectivity index (χ0) is 23.5. The Morgan fingerprint density at radius 3 is 2.61 bits per heavy atom. The van der Waals surface area contributed by atoms with Crippen molar-refractivity contribution in [3.8, 4) is 5.75 Å². The molecule has 2 aromatic rings. The van der Waals surface area contributed by atoms with E-state index >= 15 is 0 Å². The maximum absolute atomic E-state index is 12.6. The van der Waals surface area contributed by atoms with Gasteiger partial charge in [0, 0.05) is 12.6 Å². The second-order valence-corrected chi connectivity index (χ2v) is 8.13. The molecule has 1 saturated heterocycles. The third-order valence-corrected chi connectivity index (χ3v) is 5.74. The fraction of sp³-hybridized carbons (Fsp3) is 0.407. The fourth-order valence-corrected chi connectivity index (χ4v) is 3.98. The van der Waals surface area contributed by atoms with Crippen LogP contribution in [0.5, 0.6) is 5.75 Å². The summed E-state index contributed by atoms with van der Waals surface area (Å²) in [5.41, 5.74) is 2.22. The Labute approximate surface area is 195 Å². The second-order valence-electron chi connectivity index (χ2n) is 8.13. The number of likely N-dealkylation sites (tertiary alicyclic amines) is 1. The number of hydrogen-bond donors (Lipinski definition) is 1. The summed E-state index contributed by atoms with van der Waals surface area (Å²) in [7, 11) is 0. The lowest BCUT2D eigenvalue weighted by atomic mass is 10.1. The van der Waals surface area contributed by atoms with Gasteiger partial charge in [-0.25, -0.2) is 4.79 Å². The van der Waals surface area contributed by atoms with Crippen molar-refractivity contribution < 1.29 is 24.2 Å². The largest absolute Gasteiger partial charge is 0.494 e. The first-order chi connectivity index (χ1) is 16.1. The molecule has 1 fully saturated rings. The minimum Gasteiger partial charge on any atom is -0.494 e. The molecule has 1 heterocycles. The van der Waals surface area contributed by atoms with Crippen LogP contribution in [0, 0.1) is 0 Å². The van der Waals surface area contributed by atoms with Crippen LogP contribution in [0.25, 0.3) is 6.08 Å². The van der Waals surface area contributed by atoms with Gasteiger partial charge in [-0.3, -0.25) is 4.79 Å². The highest BCUT2D eigenvalue weighted by atomic mass is 16.5. The van der Waals surface area contributed by atoms with Gasteiger partial charge in [-0.15, -0.1) is 0 Å². The molecule has 2 atom stereocenters. The van der Waals surface area contributed by atoms with Gasteiger partial charge in [-0.2, -0.15) is 0 Å². The van der Waals surface area contributed by atoms with E-state index in [1.807, 2.05) is 30.3 Å². The van der Waals surface area contributed by atoms with E-state index in [9.17, 15) is 14.7 Å². The molecule has 1 unspecified atom stereocenters. The number of carbonyl (C=O) groups is 2. The van der Waals surface area contributed by atoms with Crippen LogP contribution in [0.4, 0.5) is 0 Å². The summed E-state index contributed by atoms with van der Waals surface area (Å²) in [4.78, 5) is 26.0. The first-order valence-electron chi connectivity index (χ1n) is 11.7. The third kappa shape index (κ3) is 7.46. The molecule has 1 aliphatic rings. The summed E-state index contributed by atoms with van der Waals surface area (Å²) in [6.07, 6.45) is 6.35. The quantitative estimate of drug-likeness (QED) is 0.317. The average molecular weight is 452 g/mol. The van der Waals surface area contributed by atoms with Crippen LogP contribution in [0.1, 0.15) is 43.7 Å². The van der Waals surface area contributed by atoms with Crippen LogP contribution < -0.4 is 4.74 Å². The van der Waals surface area contributed by atoms with Gasteiger partial charge in [0.2, 0.25) is 5.91 Å². The first kappa shape index (κ1) is 24.5. The Hall–Kier alpha value is -3.12. The average Bonchev–Trinajstić information content (AvgIpc) is 3.33. The summed E-state index contributed by atoms with van der Waals surface area (Å²) in [6, 6.07) is 17.5. The topological polar surface area (TPSA) is 76.1 Å². The Bertz CT molecular complexity index is 910. The monoisotopic (exact) mass is 451 g/mol. The smallest absolute Gasteiger partial charge is 0.337 e. The molecule has 2 aromatic carbocycles. The zero-order valence-corrected chi connectivity index (χ0v) is 19.2. The normalized spacial score (nSPS) is 16.7. The van der Waals surface area contributed by atoms with Crippen molar-refractivity contribution >= 4 is 18.0 Å². The molecule has 1 aliphatic heterocycles. The lowest BCUT2D eigenvalue weighted by molar-refractivity contribution is -0.157. The Kier molecular flexibility index (Phi) is 9.51. The van der Waals surface area contributed by atoms with E-state index in [1.165, 1.54) is 11.6 Å². The fourth-order valence-electron chi connectivity index (χ4n) is 3.98. The number of amides is 1. The van der Waals surface area contributed by atoms with Crippen molar-refractivity contribution in [2.45, 2.75) is 51.2 Å². The van der Waals surface area contributed by atoms with Crippen molar-refractivity contribution in [2.75, 3.05) is 19.8 Å². The molecule has 1 N–H and O–H groups in total. The Balaban J connectivity index is 1.43. The van der Waals surface area contributed by atoms with Crippen molar-refractivity contribution in [2.24, 2.45) is 0 Å². The summed E-state index contributed by atoms with van der Waals surface area (Å²) >= 11 is 0. The van der Waals surface area contributed by atoms with Crippen molar-refractivity contribution in [1.82, 2.24) is 4.90 Å². The number of aliphatic hydroxyl groups is 1. The van der Waals surface area contributed by atoms with Crippen molar-refractivity contribution in [3.05, 3.63) is 71.8 Å². The van der Waals surface area contributed by atoms with Gasteiger partial charge in [0.15, 0.2) is 6.10 Å². The first-order valence-corrected chi connectivity index (χ1v) is 11.7. The van der Waals surface area contributed by atoms with Gasteiger partial charge >= 0.3 is 5.97 Å². The van der Waals surface area contributed by atoms with E-state index in [2.05, 4.69) is 24.3 Å². The van der Waals surface area contributed by atoms with E-state index in [0.29, 0.717) is 19.6 Å². The van der Waals surface area contributed by atoms with E-state index < -0.39 is 18.1 Å². The predicted molar refractivity (Wildman–Crippen MR) is 128 cm³/mol. The number of aliphatic hydroxyl groups excluding tert-OH is 1. The van der Waals surface area contributed by atoms with E-state index in [1.54, 1.807) is 17.9 Å². The number of rotatable bonds is 11. The van der Waals surface area contributed by atoms with Crippen LogP contribution in [0.3, 0.4) is 0 Å². The van der Waals surface area contributed by atoms with E-state index in [0.717, 1.165) is 37.0 Å². The minimum absolute atomic E-state index is 0.198. The van der Waals surface area contributed by atoms with Crippen LogP contribution >= 0.6 is 0 Å². The highest BCUT2D eigenvalue weighted by Crippen LogP contribution is 2.22. The molecule has 3 rings (SSSR count). The molecule has 0 aliphatic carbocycles. The lowest BCUT2D eigenvalue weighted by Gasteiger charge is -2.26. The minimum atomic E-state index is -1.31. The van der Waals surface area contributed by atoms with Crippen LogP contribution in [-0.2, 0) is 20.7 Å². The second kappa shape index (κ2) is 12.8. The maximum atomic E-state index is 12.6. The number of aryl methyl sites for hydroxylation is 1. The summed E-state index contributed by atoms with van der Waals surface area (Å²) in [5.74, 6) is -0.100. The molecule has 0 aromatic heterocycles. The standard InChI is InChI=1S/C27H33NO5/c1-2-32-27(31)26(30)24-12-8-19-28(24)25(29)18-15-22-13-16-23(17-14-22)33-20-7-6-11-21-9-4-3-5-10-21/h3-5,9-10,13-18,24,26,30H,2,6-8,11-12,19-20H2,1H3/t24-,26?/m0/s1. The van der Waals surface area contributed by atoms with Crippen LogP contribution in [0.2, 0.25) is 0 Å². The van der Waals surface area contributed by atoms with Gasteiger partial charge in [0.25, 0.3) is 0 Å². The summed E-state index contributed by atoms with van der Waals surface area (Å²) in [6.45, 7) is 3.07. The van der Waals surface area contributed by atoms with Gasteiger partial charge in [-0.05, 0) is 68.4 Å². The van der Waals surface area contributed by atoms with Crippen molar-refractivity contribution in [3.63, 3.8) is 0 Å². The zero-order valence-electron chi connectivity index (χ0n) is 19.2. The number of hydrogen-bond acceptors (Lipinski definition) is 5. The number of unbranched alkanes of at least 4 members (excludes halogenated alkanes) is 1. The molecular formula is C27H33NO5. The lowest BCUT2D eigenvalue weighted by Crippen LogP contribution is -2.46. The van der Waals surface area contributed by atoms with Gasteiger partial charge < -0.3 is 19.5 Å². The van der Waals surface area contributed by atoms with Crippen LogP contribution in [0.15, 0.2) is 60.7 Å². The van der Waals surface area contributed by atoms with E-state index in [-0.39, 0.29) is 12.5 Å². The number of esters is 1. The SMILES string of the molecule is CCOC(=O)C(O)[C@@H]1CCCN1C(=O)C=Cc1ccc(OCCCCc2ccccc2)cc1. The molecule has 6 heteroatoms. The van der Waals surface area contributed by atoms with Gasteiger partial charge in [-0.1, -0.05) is 42.5 Å². The molecule has 33 heavy (non-hydrogen) atoms. The highest BCUT2D eigenvalue weighted by Gasteiger charge is 2.37. The van der Waals surface area contributed by atoms with E-state index in [4.69, 9.17) is 9.47 Å². The van der Waals surface area contributed by atoms with Gasteiger partial charge in [0.1, 0.15) is 5.75 Å². The number of benzene rings is 2. The summed E-state index contributed by atoms with van der Waals surface area (Å²) < 4.78 is 10.7. The predicted octanol–water partition coefficient (Wildman–Crippen LogP) is 4.02.